The molecule has 0 aliphatic carbocycles. The lowest BCUT2D eigenvalue weighted by atomic mass is 10.1. The van der Waals surface area contributed by atoms with Crippen molar-refractivity contribution in [2.24, 2.45) is 0 Å². The van der Waals surface area contributed by atoms with Crippen LogP contribution in [0, 0.1) is 11.3 Å². The average Bonchev–Trinajstić information content (AvgIpc) is 2.82. The zero-order valence-electron chi connectivity index (χ0n) is 11.0. The standard InChI is InChI=1S/C15H19N3/c1-3-18(4-2)8-7-13-11-17-15-6-5-12(10-16)9-14(13)15/h5-6,9,11,17H,3-4,7-8H2,1-2H3. The van der Waals surface area contributed by atoms with Crippen LogP contribution in [0.5, 0.6) is 0 Å². The quantitative estimate of drug-likeness (QED) is 0.874. The molecule has 0 aliphatic rings. The maximum Gasteiger partial charge on any atom is 0.0991 e. The van der Waals surface area contributed by atoms with Gasteiger partial charge in [0.2, 0.25) is 0 Å². The lowest BCUT2D eigenvalue weighted by Gasteiger charge is -2.17. The van der Waals surface area contributed by atoms with Gasteiger partial charge in [0.1, 0.15) is 0 Å². The number of aromatic amines is 1. The molecule has 1 heterocycles. The first-order chi connectivity index (χ1) is 8.78. The topological polar surface area (TPSA) is 42.8 Å². The Morgan fingerprint density at radius 3 is 2.72 bits per heavy atom. The number of benzene rings is 1. The molecule has 0 saturated heterocycles. The molecule has 0 unspecified atom stereocenters. The number of hydrogen-bond acceptors (Lipinski definition) is 2. The van der Waals surface area contributed by atoms with Gasteiger partial charge in [-0.3, -0.25) is 0 Å². The molecule has 94 valence electrons. The molecule has 3 nitrogen and oxygen atoms in total. The number of nitrogens with zero attached hydrogens (tertiary/aromatic N) is 2. The van der Waals surface area contributed by atoms with Crippen molar-refractivity contribution in [3.8, 4) is 6.07 Å². The molecule has 0 atom stereocenters. The second kappa shape index (κ2) is 5.70. The van der Waals surface area contributed by atoms with Crippen LogP contribution in [0.15, 0.2) is 24.4 Å². The minimum absolute atomic E-state index is 0.728. The summed E-state index contributed by atoms with van der Waals surface area (Å²) in [5.74, 6) is 0. The number of rotatable bonds is 5. The van der Waals surface area contributed by atoms with Crippen molar-refractivity contribution < 1.29 is 0 Å². The van der Waals surface area contributed by atoms with E-state index >= 15 is 0 Å². The molecule has 2 rings (SSSR count). The first-order valence-corrected chi connectivity index (χ1v) is 6.51. The molecule has 0 radical (unpaired) electrons. The minimum atomic E-state index is 0.728. The lowest BCUT2D eigenvalue weighted by molar-refractivity contribution is 0.308. The summed E-state index contributed by atoms with van der Waals surface area (Å²) >= 11 is 0. The molecule has 0 saturated carbocycles. The summed E-state index contributed by atoms with van der Waals surface area (Å²) in [5, 5.41) is 10.1. The van der Waals surface area contributed by atoms with Crippen LogP contribution < -0.4 is 0 Å². The normalized spacial score (nSPS) is 11.0. The van der Waals surface area contributed by atoms with E-state index in [9.17, 15) is 0 Å². The SMILES string of the molecule is CCN(CC)CCc1c[nH]c2ccc(C#N)cc12. The maximum absolute atomic E-state index is 8.95. The molecule has 1 aromatic carbocycles. The second-order valence-electron chi connectivity index (χ2n) is 4.46. The molecule has 3 heteroatoms. The smallest absolute Gasteiger partial charge is 0.0991 e. The van der Waals surface area contributed by atoms with Gasteiger partial charge in [0.25, 0.3) is 0 Å². The highest BCUT2D eigenvalue weighted by Crippen LogP contribution is 2.20. The molecule has 1 N–H and O–H groups in total. The Balaban J connectivity index is 2.20. The van der Waals surface area contributed by atoms with Gasteiger partial charge in [0.05, 0.1) is 11.6 Å². The third-order valence-electron chi connectivity index (χ3n) is 3.49. The van der Waals surface area contributed by atoms with Crippen molar-refractivity contribution in [2.45, 2.75) is 20.3 Å². The monoisotopic (exact) mass is 241 g/mol. The van der Waals surface area contributed by atoms with Crippen molar-refractivity contribution in [1.82, 2.24) is 9.88 Å². The minimum Gasteiger partial charge on any atom is -0.361 e. The summed E-state index contributed by atoms with van der Waals surface area (Å²) in [6, 6.07) is 8.01. The lowest BCUT2D eigenvalue weighted by Crippen LogP contribution is -2.25. The number of aromatic nitrogens is 1. The van der Waals surface area contributed by atoms with E-state index < -0.39 is 0 Å². The van der Waals surface area contributed by atoms with Gasteiger partial charge < -0.3 is 9.88 Å². The molecule has 0 aliphatic heterocycles. The van der Waals surface area contributed by atoms with Crippen LogP contribution in [0.1, 0.15) is 25.0 Å². The molecular formula is C15H19N3. The summed E-state index contributed by atoms with van der Waals surface area (Å²) < 4.78 is 0. The second-order valence-corrected chi connectivity index (χ2v) is 4.46. The Morgan fingerprint density at radius 1 is 1.28 bits per heavy atom. The number of H-pyrrole nitrogens is 1. The van der Waals surface area contributed by atoms with Gasteiger partial charge in [-0.1, -0.05) is 13.8 Å². The Hall–Kier alpha value is -1.79. The van der Waals surface area contributed by atoms with Crippen LogP contribution in [-0.4, -0.2) is 29.5 Å². The zero-order chi connectivity index (χ0) is 13.0. The number of fused-ring (bicyclic) bond motifs is 1. The van der Waals surface area contributed by atoms with Crippen molar-refractivity contribution in [3.63, 3.8) is 0 Å². The largest absolute Gasteiger partial charge is 0.361 e. The maximum atomic E-state index is 8.95. The van der Waals surface area contributed by atoms with E-state index in [1.165, 1.54) is 10.9 Å². The molecule has 0 bridgehead atoms. The van der Waals surface area contributed by atoms with Gasteiger partial charge in [-0.25, -0.2) is 0 Å². The van der Waals surface area contributed by atoms with E-state index in [2.05, 4.69) is 36.0 Å². The van der Waals surface area contributed by atoms with E-state index in [1.54, 1.807) is 0 Å². The van der Waals surface area contributed by atoms with Crippen molar-refractivity contribution in [1.29, 1.82) is 5.26 Å². The van der Waals surface area contributed by atoms with E-state index in [-0.39, 0.29) is 0 Å². The summed E-state index contributed by atoms with van der Waals surface area (Å²) in [4.78, 5) is 5.68. The predicted octanol–water partition coefficient (Wildman–Crippen LogP) is 2.92. The summed E-state index contributed by atoms with van der Waals surface area (Å²) in [6.45, 7) is 7.61. The summed E-state index contributed by atoms with van der Waals surface area (Å²) in [5.41, 5.74) is 3.14. The highest BCUT2D eigenvalue weighted by atomic mass is 15.1. The fourth-order valence-electron chi connectivity index (χ4n) is 2.27. The average molecular weight is 241 g/mol. The molecule has 18 heavy (non-hydrogen) atoms. The summed E-state index contributed by atoms with van der Waals surface area (Å²) in [7, 11) is 0. The third-order valence-corrected chi connectivity index (χ3v) is 3.49. The van der Waals surface area contributed by atoms with Gasteiger partial charge in [-0.2, -0.15) is 5.26 Å². The number of likely N-dealkylation sites (N-methyl/N-ethyl adjacent to an activating group) is 1. The van der Waals surface area contributed by atoms with Crippen LogP contribution in [0.3, 0.4) is 0 Å². The van der Waals surface area contributed by atoms with Crippen LogP contribution in [0.25, 0.3) is 10.9 Å². The van der Waals surface area contributed by atoms with Crippen LogP contribution in [0.2, 0.25) is 0 Å². The van der Waals surface area contributed by atoms with Crippen LogP contribution in [0.4, 0.5) is 0 Å². The van der Waals surface area contributed by atoms with Gasteiger partial charge in [0.15, 0.2) is 0 Å². The van der Waals surface area contributed by atoms with Gasteiger partial charge in [-0.05, 0) is 43.3 Å². The molecule has 0 spiro atoms. The Kier molecular flexibility index (Phi) is 4.01. The predicted molar refractivity (Wildman–Crippen MR) is 74.5 cm³/mol. The fraction of sp³-hybridized carbons (Fsp3) is 0.400. The van der Waals surface area contributed by atoms with E-state index in [0.717, 1.165) is 37.1 Å². The number of nitrogens with one attached hydrogen (secondary N) is 1. The first-order valence-electron chi connectivity index (χ1n) is 6.51. The Labute approximate surface area is 108 Å². The number of hydrogen-bond donors (Lipinski definition) is 1. The highest BCUT2D eigenvalue weighted by molar-refractivity contribution is 5.84. The van der Waals surface area contributed by atoms with E-state index in [4.69, 9.17) is 5.26 Å². The van der Waals surface area contributed by atoms with Crippen LogP contribution >= 0.6 is 0 Å². The highest BCUT2D eigenvalue weighted by Gasteiger charge is 2.06. The van der Waals surface area contributed by atoms with Gasteiger partial charge >= 0.3 is 0 Å². The van der Waals surface area contributed by atoms with Crippen molar-refractivity contribution >= 4 is 10.9 Å². The molecule has 0 amide bonds. The van der Waals surface area contributed by atoms with Gasteiger partial charge in [0, 0.05) is 23.6 Å². The Morgan fingerprint density at radius 2 is 2.06 bits per heavy atom. The third kappa shape index (κ3) is 2.55. The molecule has 1 aromatic heterocycles. The van der Waals surface area contributed by atoms with Crippen molar-refractivity contribution in [3.05, 3.63) is 35.5 Å². The summed E-state index contributed by atoms with van der Waals surface area (Å²) in [6.07, 6.45) is 3.09. The molecule has 2 aromatic rings. The zero-order valence-corrected chi connectivity index (χ0v) is 11.0. The van der Waals surface area contributed by atoms with E-state index in [0.29, 0.717) is 0 Å². The Bertz CT molecular complexity index is 559. The van der Waals surface area contributed by atoms with Gasteiger partial charge in [-0.15, -0.1) is 0 Å². The van der Waals surface area contributed by atoms with Crippen molar-refractivity contribution in [2.75, 3.05) is 19.6 Å². The van der Waals surface area contributed by atoms with Crippen LogP contribution in [-0.2, 0) is 6.42 Å². The van der Waals surface area contributed by atoms with E-state index in [1.807, 2.05) is 18.2 Å². The fourth-order valence-corrected chi connectivity index (χ4v) is 2.27. The first kappa shape index (κ1) is 12.7. The molecule has 0 fully saturated rings. The molecular weight excluding hydrogens is 222 g/mol. The number of nitriles is 1.